The minimum absolute atomic E-state index is 0.0884. The molecule has 0 aromatic rings. The molecule has 0 radical (unpaired) electrons. The Balaban J connectivity index is 4.17. The van der Waals surface area contributed by atoms with Gasteiger partial charge in [-0.1, -0.05) is 246 Å². The van der Waals surface area contributed by atoms with Crippen LogP contribution in [-0.2, 0) is 28.6 Å². The van der Waals surface area contributed by atoms with E-state index >= 15 is 0 Å². The minimum atomic E-state index is -0.786. The monoisotopic (exact) mass is 943 g/mol. The Kier molecular flexibility index (Phi) is 52.4. The summed E-state index contributed by atoms with van der Waals surface area (Å²) in [5.74, 6) is -0.938. The van der Waals surface area contributed by atoms with Crippen molar-refractivity contribution in [3.05, 3.63) is 109 Å². The van der Waals surface area contributed by atoms with Crippen molar-refractivity contribution < 1.29 is 28.6 Å². The average molecular weight is 943 g/mol. The van der Waals surface area contributed by atoms with E-state index in [1.807, 2.05) is 0 Å². The van der Waals surface area contributed by atoms with E-state index in [4.69, 9.17) is 14.2 Å². The van der Waals surface area contributed by atoms with Gasteiger partial charge in [0.1, 0.15) is 13.2 Å². The van der Waals surface area contributed by atoms with Crippen molar-refractivity contribution in [3.8, 4) is 0 Å². The molecule has 0 aliphatic carbocycles. The number of carbonyl (C=O) groups is 3. The van der Waals surface area contributed by atoms with E-state index in [9.17, 15) is 14.4 Å². The molecule has 0 bridgehead atoms. The first-order valence-electron chi connectivity index (χ1n) is 27.9. The second kappa shape index (κ2) is 55.7. The van der Waals surface area contributed by atoms with Gasteiger partial charge < -0.3 is 14.2 Å². The fraction of sp³-hybridized carbons (Fsp3) is 0.661. The second-order valence-corrected chi connectivity index (χ2v) is 18.1. The molecule has 0 aromatic heterocycles. The lowest BCUT2D eigenvalue weighted by molar-refractivity contribution is -0.167. The van der Waals surface area contributed by atoms with E-state index in [0.717, 1.165) is 128 Å². The lowest BCUT2D eigenvalue weighted by Gasteiger charge is -2.18. The molecule has 68 heavy (non-hydrogen) atoms. The van der Waals surface area contributed by atoms with Gasteiger partial charge in [-0.05, 0) is 89.9 Å². The summed E-state index contributed by atoms with van der Waals surface area (Å²) in [5, 5.41) is 0. The molecule has 0 aliphatic rings. The van der Waals surface area contributed by atoms with Gasteiger partial charge in [0, 0.05) is 19.3 Å². The summed E-state index contributed by atoms with van der Waals surface area (Å²) in [6.07, 6.45) is 75.5. The Hall–Kier alpha value is -3.93. The molecule has 0 N–H and O–H groups in total. The zero-order valence-electron chi connectivity index (χ0n) is 44.1. The van der Waals surface area contributed by atoms with Gasteiger partial charge in [-0.3, -0.25) is 14.4 Å². The van der Waals surface area contributed by atoms with E-state index in [0.29, 0.717) is 19.3 Å². The van der Waals surface area contributed by atoms with Gasteiger partial charge in [-0.2, -0.15) is 0 Å². The smallest absolute Gasteiger partial charge is 0.306 e. The highest BCUT2D eigenvalue weighted by Gasteiger charge is 2.19. The van der Waals surface area contributed by atoms with Crippen LogP contribution < -0.4 is 0 Å². The first-order valence-corrected chi connectivity index (χ1v) is 27.9. The number of ether oxygens (including phenoxy) is 3. The topological polar surface area (TPSA) is 78.9 Å². The van der Waals surface area contributed by atoms with Gasteiger partial charge in [0.25, 0.3) is 0 Å². The van der Waals surface area contributed by atoms with E-state index in [2.05, 4.69) is 130 Å². The van der Waals surface area contributed by atoms with Crippen molar-refractivity contribution in [2.75, 3.05) is 13.2 Å². The van der Waals surface area contributed by atoms with Gasteiger partial charge in [0.05, 0.1) is 0 Å². The zero-order chi connectivity index (χ0) is 49.3. The molecule has 0 aliphatic heterocycles. The fourth-order valence-electron chi connectivity index (χ4n) is 7.37. The molecule has 0 rings (SSSR count). The Labute approximate surface area is 419 Å². The zero-order valence-corrected chi connectivity index (χ0v) is 44.1. The van der Waals surface area contributed by atoms with E-state index in [-0.39, 0.29) is 31.1 Å². The standard InChI is InChI=1S/C62H102O6/c1-4-7-10-13-15-17-19-21-23-24-25-26-27-28-29-30-31-32-33-34-35-36-37-38-39-41-42-44-46-49-52-55-61(64)67-58-59(57-66-60(63)54-51-48-12-9-6-3)68-62(65)56-53-50-47-45-43-40-22-20-18-16-14-11-8-5-2/h7,10,15,17,21,23,25-26,28-29,31-32,34-35,37-38,41-42,59H,4-6,8-9,11-14,16,18-20,22,24,27,30,33,36,39-40,43-58H2,1-3H3/b10-7-,17-15-,23-21-,26-25-,29-28-,32-31-,35-34-,38-37-,42-41-. The fourth-order valence-corrected chi connectivity index (χ4v) is 7.37. The first kappa shape index (κ1) is 64.1. The van der Waals surface area contributed by atoms with Crippen LogP contribution in [0.4, 0.5) is 0 Å². The van der Waals surface area contributed by atoms with Crippen LogP contribution in [-0.4, -0.2) is 37.2 Å². The molecular formula is C62H102O6. The molecule has 1 atom stereocenters. The molecule has 0 saturated carbocycles. The molecule has 0 saturated heterocycles. The predicted molar refractivity (Wildman–Crippen MR) is 293 cm³/mol. The van der Waals surface area contributed by atoms with Crippen molar-refractivity contribution in [2.24, 2.45) is 0 Å². The highest BCUT2D eigenvalue weighted by atomic mass is 16.6. The summed E-state index contributed by atoms with van der Waals surface area (Å²) < 4.78 is 16.7. The number of esters is 3. The number of hydrogen-bond donors (Lipinski definition) is 0. The van der Waals surface area contributed by atoms with E-state index in [1.165, 1.54) is 77.0 Å². The molecule has 0 heterocycles. The van der Waals surface area contributed by atoms with Crippen LogP contribution in [0.1, 0.15) is 245 Å². The summed E-state index contributed by atoms with van der Waals surface area (Å²) in [4.78, 5) is 37.7. The lowest BCUT2D eigenvalue weighted by atomic mass is 10.0. The van der Waals surface area contributed by atoms with E-state index in [1.54, 1.807) is 0 Å². The van der Waals surface area contributed by atoms with Gasteiger partial charge >= 0.3 is 17.9 Å². The largest absolute Gasteiger partial charge is 0.462 e. The maximum atomic E-state index is 12.7. The molecule has 0 spiro atoms. The van der Waals surface area contributed by atoms with Crippen molar-refractivity contribution >= 4 is 17.9 Å². The van der Waals surface area contributed by atoms with Crippen molar-refractivity contribution in [3.63, 3.8) is 0 Å². The molecule has 0 aromatic carbocycles. The van der Waals surface area contributed by atoms with Crippen molar-refractivity contribution in [1.29, 1.82) is 0 Å². The maximum Gasteiger partial charge on any atom is 0.306 e. The third kappa shape index (κ3) is 53.0. The predicted octanol–water partition coefficient (Wildman–Crippen LogP) is 18.7. The summed E-state index contributed by atoms with van der Waals surface area (Å²) in [7, 11) is 0. The molecule has 0 fully saturated rings. The number of allylic oxidation sites excluding steroid dienone is 18. The van der Waals surface area contributed by atoms with Gasteiger partial charge in [0.15, 0.2) is 6.10 Å². The molecule has 386 valence electrons. The van der Waals surface area contributed by atoms with Crippen LogP contribution in [0.5, 0.6) is 0 Å². The normalized spacial score (nSPS) is 12.9. The van der Waals surface area contributed by atoms with Crippen LogP contribution >= 0.6 is 0 Å². The van der Waals surface area contributed by atoms with Gasteiger partial charge in [-0.15, -0.1) is 0 Å². The molecule has 6 heteroatoms. The SMILES string of the molecule is CC/C=C\C/C=C\C/C=C\C/C=C\C/C=C\C/C=C\C/C=C\C/C=C\C/C=C\CCCCCC(=O)OCC(COC(=O)CCCCCCC)OC(=O)CCCCCCCCCCCCCCCC. The summed E-state index contributed by atoms with van der Waals surface area (Å²) >= 11 is 0. The van der Waals surface area contributed by atoms with Gasteiger partial charge in [0.2, 0.25) is 0 Å². The number of carbonyl (C=O) groups excluding carboxylic acids is 3. The van der Waals surface area contributed by atoms with E-state index < -0.39 is 6.10 Å². The average Bonchev–Trinajstić information content (AvgIpc) is 3.34. The number of hydrogen-bond acceptors (Lipinski definition) is 6. The quantitative estimate of drug-likeness (QED) is 0.0262. The molecule has 6 nitrogen and oxygen atoms in total. The molecule has 0 amide bonds. The highest BCUT2D eigenvalue weighted by Crippen LogP contribution is 2.15. The number of rotatable bonds is 49. The molecular weight excluding hydrogens is 841 g/mol. The second-order valence-electron chi connectivity index (χ2n) is 18.1. The Morgan fingerprint density at radius 2 is 0.574 bits per heavy atom. The van der Waals surface area contributed by atoms with Gasteiger partial charge in [-0.25, -0.2) is 0 Å². The molecule has 1 unspecified atom stereocenters. The van der Waals surface area contributed by atoms with Crippen LogP contribution in [0.25, 0.3) is 0 Å². The Morgan fingerprint density at radius 1 is 0.309 bits per heavy atom. The summed E-state index contributed by atoms with van der Waals surface area (Å²) in [5.41, 5.74) is 0. The number of unbranched alkanes of at least 4 members (excludes halogenated alkanes) is 20. The van der Waals surface area contributed by atoms with Crippen LogP contribution in [0.15, 0.2) is 109 Å². The van der Waals surface area contributed by atoms with Crippen LogP contribution in [0.2, 0.25) is 0 Å². The third-order valence-corrected chi connectivity index (χ3v) is 11.5. The Morgan fingerprint density at radius 3 is 0.897 bits per heavy atom. The van der Waals surface area contributed by atoms with Crippen molar-refractivity contribution in [1.82, 2.24) is 0 Å². The summed E-state index contributed by atoms with van der Waals surface area (Å²) in [6, 6.07) is 0. The first-order chi connectivity index (χ1) is 33.5. The highest BCUT2D eigenvalue weighted by molar-refractivity contribution is 5.71. The van der Waals surface area contributed by atoms with Crippen molar-refractivity contribution in [2.45, 2.75) is 252 Å². The Bertz CT molecular complexity index is 1410. The lowest BCUT2D eigenvalue weighted by Crippen LogP contribution is -2.30. The minimum Gasteiger partial charge on any atom is -0.462 e. The third-order valence-electron chi connectivity index (χ3n) is 11.5. The maximum absolute atomic E-state index is 12.7. The van der Waals surface area contributed by atoms with Crippen LogP contribution in [0.3, 0.4) is 0 Å². The summed E-state index contributed by atoms with van der Waals surface area (Å²) in [6.45, 7) is 6.41. The van der Waals surface area contributed by atoms with Crippen LogP contribution in [0, 0.1) is 0 Å².